The number of aryl methyl sites for hydroxylation is 1. The van der Waals surface area contributed by atoms with Crippen LogP contribution in [0.5, 0.6) is 0 Å². The smallest absolute Gasteiger partial charge is 0.276 e. The molecule has 8 heteroatoms. The van der Waals surface area contributed by atoms with Gasteiger partial charge < -0.3 is 13.9 Å². The average Bonchev–Trinajstić information content (AvgIpc) is 3.30. The minimum atomic E-state index is -0.119. The first-order chi connectivity index (χ1) is 11.2. The summed E-state index contributed by atoms with van der Waals surface area (Å²) in [6, 6.07) is 5.54. The van der Waals surface area contributed by atoms with Crippen LogP contribution in [0.4, 0.5) is 0 Å². The lowest BCUT2D eigenvalue weighted by Gasteiger charge is -2.13. The van der Waals surface area contributed by atoms with Gasteiger partial charge in [-0.3, -0.25) is 4.79 Å². The Kier molecular flexibility index (Phi) is 3.45. The molecule has 1 fully saturated rings. The Labute approximate surface area is 135 Å². The summed E-state index contributed by atoms with van der Waals surface area (Å²) in [7, 11) is 0. The van der Waals surface area contributed by atoms with Crippen molar-refractivity contribution >= 4 is 17.2 Å². The van der Waals surface area contributed by atoms with Crippen molar-refractivity contribution < 1.29 is 13.8 Å². The molecule has 3 aromatic heterocycles. The second-order valence-electron chi connectivity index (χ2n) is 5.49. The predicted molar refractivity (Wildman–Crippen MR) is 82.1 cm³/mol. The molecule has 4 rings (SSSR count). The Balaban J connectivity index is 1.47. The van der Waals surface area contributed by atoms with Gasteiger partial charge in [-0.15, -0.1) is 11.3 Å². The maximum absolute atomic E-state index is 12.4. The van der Waals surface area contributed by atoms with E-state index >= 15 is 0 Å². The van der Waals surface area contributed by atoms with Crippen LogP contribution in [-0.4, -0.2) is 39.2 Å². The first-order valence-corrected chi connectivity index (χ1v) is 8.19. The first-order valence-electron chi connectivity index (χ1n) is 7.31. The first kappa shape index (κ1) is 14.1. The van der Waals surface area contributed by atoms with Crippen LogP contribution in [0.1, 0.15) is 34.4 Å². The summed E-state index contributed by atoms with van der Waals surface area (Å²) in [6.07, 6.45) is 0.811. The van der Waals surface area contributed by atoms with Crippen LogP contribution in [-0.2, 0) is 0 Å². The van der Waals surface area contributed by atoms with Gasteiger partial charge in [0.05, 0.1) is 4.88 Å². The molecule has 3 aromatic rings. The summed E-state index contributed by atoms with van der Waals surface area (Å²) >= 11 is 1.56. The fourth-order valence-corrected chi connectivity index (χ4v) is 3.33. The fourth-order valence-electron chi connectivity index (χ4n) is 2.69. The van der Waals surface area contributed by atoms with Gasteiger partial charge >= 0.3 is 0 Å². The van der Waals surface area contributed by atoms with Crippen LogP contribution in [0, 0.1) is 6.92 Å². The number of aromatic nitrogens is 3. The molecule has 1 unspecified atom stereocenters. The quantitative estimate of drug-likeness (QED) is 0.734. The van der Waals surface area contributed by atoms with Crippen LogP contribution in [0.3, 0.4) is 0 Å². The maximum Gasteiger partial charge on any atom is 0.276 e. The molecule has 1 aliphatic heterocycles. The SMILES string of the molecule is Cc1cc(C(=O)N2CCC(c3noc(-c4cccs4)n3)C2)no1. The van der Waals surface area contributed by atoms with E-state index in [1.165, 1.54) is 0 Å². The van der Waals surface area contributed by atoms with Crippen molar-refractivity contribution in [2.75, 3.05) is 13.1 Å². The van der Waals surface area contributed by atoms with Crippen molar-refractivity contribution in [1.29, 1.82) is 0 Å². The monoisotopic (exact) mass is 330 g/mol. The highest BCUT2D eigenvalue weighted by Crippen LogP contribution is 2.29. The van der Waals surface area contributed by atoms with Gasteiger partial charge in [0, 0.05) is 25.1 Å². The minimum absolute atomic E-state index is 0.0874. The summed E-state index contributed by atoms with van der Waals surface area (Å²) in [4.78, 5) is 19.5. The molecular weight excluding hydrogens is 316 g/mol. The molecule has 0 aliphatic carbocycles. The number of nitrogens with zero attached hydrogens (tertiary/aromatic N) is 4. The van der Waals surface area contributed by atoms with Gasteiger partial charge in [-0.2, -0.15) is 4.98 Å². The standard InChI is InChI=1S/C15H14N4O3S/c1-9-7-11(17-21-9)15(20)19-5-4-10(8-19)13-16-14(22-18-13)12-3-2-6-23-12/h2-3,6-7,10H,4-5,8H2,1H3. The molecule has 0 spiro atoms. The minimum Gasteiger partial charge on any atom is -0.361 e. The van der Waals surface area contributed by atoms with Crippen molar-refractivity contribution in [2.24, 2.45) is 0 Å². The molecule has 1 amide bonds. The highest BCUT2D eigenvalue weighted by atomic mass is 32.1. The van der Waals surface area contributed by atoms with Gasteiger partial charge in [-0.1, -0.05) is 16.4 Å². The van der Waals surface area contributed by atoms with E-state index in [0.29, 0.717) is 36.3 Å². The van der Waals surface area contributed by atoms with Crippen molar-refractivity contribution in [3.05, 3.63) is 40.9 Å². The second kappa shape index (κ2) is 5.62. The van der Waals surface area contributed by atoms with Gasteiger partial charge in [0.2, 0.25) is 0 Å². The van der Waals surface area contributed by atoms with E-state index in [-0.39, 0.29) is 11.8 Å². The Morgan fingerprint density at radius 1 is 1.39 bits per heavy atom. The zero-order valence-electron chi connectivity index (χ0n) is 12.4. The molecule has 1 saturated heterocycles. The van der Waals surface area contributed by atoms with E-state index in [2.05, 4.69) is 15.3 Å². The van der Waals surface area contributed by atoms with Crippen molar-refractivity contribution in [3.8, 4) is 10.8 Å². The van der Waals surface area contributed by atoms with E-state index in [9.17, 15) is 4.79 Å². The predicted octanol–water partition coefficient (Wildman–Crippen LogP) is 2.72. The molecule has 1 aliphatic rings. The van der Waals surface area contributed by atoms with Gasteiger partial charge in [-0.05, 0) is 24.8 Å². The fraction of sp³-hybridized carbons (Fsp3) is 0.333. The molecule has 0 N–H and O–H groups in total. The van der Waals surface area contributed by atoms with E-state index in [0.717, 1.165) is 11.3 Å². The van der Waals surface area contributed by atoms with E-state index < -0.39 is 0 Å². The van der Waals surface area contributed by atoms with Gasteiger partial charge in [0.15, 0.2) is 11.5 Å². The molecule has 1 atom stereocenters. The third kappa shape index (κ3) is 2.65. The average molecular weight is 330 g/mol. The van der Waals surface area contributed by atoms with Crippen molar-refractivity contribution in [1.82, 2.24) is 20.2 Å². The van der Waals surface area contributed by atoms with Crippen LogP contribution >= 0.6 is 11.3 Å². The summed E-state index contributed by atoms with van der Waals surface area (Å²) in [5.74, 6) is 1.78. The Bertz CT molecular complexity index is 824. The number of carbonyl (C=O) groups is 1. The van der Waals surface area contributed by atoms with E-state index in [4.69, 9.17) is 9.05 Å². The molecule has 0 radical (unpaired) electrons. The molecular formula is C15H14N4O3S. The van der Waals surface area contributed by atoms with Gasteiger partial charge in [-0.25, -0.2) is 0 Å². The number of rotatable bonds is 3. The summed E-state index contributed by atoms with van der Waals surface area (Å²) in [5.41, 5.74) is 0.343. The maximum atomic E-state index is 12.4. The third-order valence-corrected chi connectivity index (χ3v) is 4.72. The Morgan fingerprint density at radius 3 is 3.04 bits per heavy atom. The largest absolute Gasteiger partial charge is 0.361 e. The number of amides is 1. The molecule has 118 valence electrons. The number of carbonyl (C=O) groups excluding carboxylic acids is 1. The molecule has 7 nitrogen and oxygen atoms in total. The van der Waals surface area contributed by atoms with Gasteiger partial charge in [0.1, 0.15) is 5.76 Å². The Hall–Kier alpha value is -2.48. The number of likely N-dealkylation sites (tertiary alicyclic amines) is 1. The summed E-state index contributed by atoms with van der Waals surface area (Å²) < 4.78 is 10.3. The number of hydrogen-bond donors (Lipinski definition) is 0. The van der Waals surface area contributed by atoms with E-state index in [1.807, 2.05) is 17.5 Å². The van der Waals surface area contributed by atoms with Crippen molar-refractivity contribution in [3.63, 3.8) is 0 Å². The van der Waals surface area contributed by atoms with Gasteiger partial charge in [0.25, 0.3) is 11.8 Å². The molecule has 0 aromatic carbocycles. The third-order valence-electron chi connectivity index (χ3n) is 3.86. The Morgan fingerprint density at radius 2 is 2.30 bits per heavy atom. The highest BCUT2D eigenvalue weighted by Gasteiger charge is 2.32. The van der Waals surface area contributed by atoms with Crippen LogP contribution in [0.15, 0.2) is 32.6 Å². The van der Waals surface area contributed by atoms with E-state index in [1.54, 1.807) is 29.2 Å². The van der Waals surface area contributed by atoms with Crippen LogP contribution < -0.4 is 0 Å². The molecule has 23 heavy (non-hydrogen) atoms. The van der Waals surface area contributed by atoms with Crippen LogP contribution in [0.2, 0.25) is 0 Å². The summed E-state index contributed by atoms with van der Waals surface area (Å²) in [5, 5.41) is 9.82. The lowest BCUT2D eigenvalue weighted by Crippen LogP contribution is -2.28. The number of thiophene rings is 1. The normalized spacial score (nSPS) is 17.8. The highest BCUT2D eigenvalue weighted by molar-refractivity contribution is 7.13. The molecule has 0 saturated carbocycles. The topological polar surface area (TPSA) is 85.3 Å². The van der Waals surface area contributed by atoms with Crippen LogP contribution in [0.25, 0.3) is 10.8 Å². The zero-order valence-corrected chi connectivity index (χ0v) is 13.2. The zero-order chi connectivity index (χ0) is 15.8. The number of hydrogen-bond acceptors (Lipinski definition) is 7. The lowest BCUT2D eigenvalue weighted by molar-refractivity contribution is 0.0780. The molecule has 4 heterocycles. The summed E-state index contributed by atoms with van der Waals surface area (Å²) in [6.45, 7) is 2.98. The lowest BCUT2D eigenvalue weighted by atomic mass is 10.1. The molecule has 0 bridgehead atoms. The second-order valence-corrected chi connectivity index (χ2v) is 6.44. The van der Waals surface area contributed by atoms with Crippen molar-refractivity contribution in [2.45, 2.75) is 19.3 Å².